The number of nitrogens with zero attached hydrogens (tertiary/aromatic N) is 2. The molecule has 2 amide bonds. The standard InChI is InChI=1S/C25H32BrN3O6S/c1-5-17(3)27-25(31)18(4)28(14-19-8-7-9-20(26)12-19)24(30)15-29(36(32,33)6-2)21-10-11-22-23(13-21)35-16-34-22/h7-13,17-18H,5-6,14-16H2,1-4H3,(H,27,31)/t17-,18+/m1/s1. The van der Waals surface area contributed by atoms with Crippen molar-refractivity contribution in [2.45, 2.75) is 52.7 Å². The smallest absolute Gasteiger partial charge is 0.244 e. The van der Waals surface area contributed by atoms with Crippen LogP contribution in [0.1, 0.15) is 39.7 Å². The minimum absolute atomic E-state index is 0.0431. The molecule has 0 saturated heterocycles. The molecule has 0 aromatic heterocycles. The summed E-state index contributed by atoms with van der Waals surface area (Å²) in [7, 11) is -3.83. The van der Waals surface area contributed by atoms with Crippen LogP contribution in [0.2, 0.25) is 0 Å². The van der Waals surface area contributed by atoms with Crippen LogP contribution in [0.4, 0.5) is 5.69 Å². The minimum atomic E-state index is -3.83. The lowest BCUT2D eigenvalue weighted by Gasteiger charge is -2.32. The molecular formula is C25H32BrN3O6S. The van der Waals surface area contributed by atoms with Gasteiger partial charge in [0.1, 0.15) is 12.6 Å². The highest BCUT2D eigenvalue weighted by atomic mass is 79.9. The number of benzene rings is 2. The SMILES string of the molecule is CC[C@@H](C)NC(=O)[C@H](C)N(Cc1cccc(Br)c1)C(=O)CN(c1ccc2c(c1)OCO2)S(=O)(=O)CC. The van der Waals surface area contributed by atoms with Gasteiger partial charge >= 0.3 is 0 Å². The van der Waals surface area contributed by atoms with Crippen molar-refractivity contribution in [2.24, 2.45) is 0 Å². The topological polar surface area (TPSA) is 105 Å². The Hall–Kier alpha value is -2.79. The van der Waals surface area contributed by atoms with Crippen LogP contribution < -0.4 is 19.1 Å². The molecular weight excluding hydrogens is 550 g/mol. The molecule has 0 bridgehead atoms. The van der Waals surface area contributed by atoms with E-state index in [0.717, 1.165) is 20.8 Å². The Labute approximate surface area is 220 Å². The highest BCUT2D eigenvalue weighted by Gasteiger charge is 2.32. The molecule has 9 nitrogen and oxygen atoms in total. The molecule has 1 aliphatic heterocycles. The van der Waals surface area contributed by atoms with Gasteiger partial charge in [-0.2, -0.15) is 0 Å². The lowest BCUT2D eigenvalue weighted by atomic mass is 10.1. The van der Waals surface area contributed by atoms with E-state index < -0.39 is 28.5 Å². The van der Waals surface area contributed by atoms with Gasteiger partial charge in [-0.05, 0) is 57.0 Å². The Morgan fingerprint density at radius 3 is 2.47 bits per heavy atom. The van der Waals surface area contributed by atoms with E-state index in [0.29, 0.717) is 11.5 Å². The van der Waals surface area contributed by atoms with Crippen LogP contribution in [0, 0.1) is 0 Å². The first-order valence-corrected chi connectivity index (χ1v) is 14.2. The second-order valence-electron chi connectivity index (χ2n) is 8.59. The van der Waals surface area contributed by atoms with Gasteiger partial charge in [0, 0.05) is 23.1 Å². The van der Waals surface area contributed by atoms with Gasteiger partial charge in [0.2, 0.25) is 28.6 Å². The number of anilines is 1. The number of ether oxygens (including phenoxy) is 2. The third kappa shape index (κ3) is 6.70. The highest BCUT2D eigenvalue weighted by molar-refractivity contribution is 9.10. The number of halogens is 1. The molecule has 3 rings (SSSR count). The number of carbonyl (C=O) groups excluding carboxylic acids is 2. The van der Waals surface area contributed by atoms with Crippen molar-refractivity contribution < 1.29 is 27.5 Å². The molecule has 2 aromatic carbocycles. The van der Waals surface area contributed by atoms with Crippen molar-refractivity contribution >= 4 is 43.5 Å². The number of hydrogen-bond acceptors (Lipinski definition) is 6. The Kier molecular flexibility index (Phi) is 9.24. The third-order valence-electron chi connectivity index (χ3n) is 6.03. The fraction of sp³-hybridized carbons (Fsp3) is 0.440. The number of nitrogens with one attached hydrogen (secondary N) is 1. The maximum absolute atomic E-state index is 13.7. The van der Waals surface area contributed by atoms with E-state index in [4.69, 9.17) is 9.47 Å². The van der Waals surface area contributed by atoms with Gasteiger partial charge in [0.05, 0.1) is 11.4 Å². The monoisotopic (exact) mass is 581 g/mol. The maximum atomic E-state index is 13.7. The van der Waals surface area contributed by atoms with Gasteiger partial charge in [-0.3, -0.25) is 13.9 Å². The van der Waals surface area contributed by atoms with Gasteiger partial charge in [0.25, 0.3) is 0 Å². The molecule has 1 heterocycles. The molecule has 0 spiro atoms. The van der Waals surface area contributed by atoms with Crippen LogP contribution in [-0.2, 0) is 26.2 Å². The first-order valence-electron chi connectivity index (χ1n) is 11.8. The van der Waals surface area contributed by atoms with Crippen LogP contribution in [0.25, 0.3) is 0 Å². The molecule has 0 aliphatic carbocycles. The van der Waals surface area contributed by atoms with Crippen LogP contribution in [-0.4, -0.2) is 56.3 Å². The van der Waals surface area contributed by atoms with E-state index in [1.54, 1.807) is 25.1 Å². The third-order valence-corrected chi connectivity index (χ3v) is 8.27. The zero-order valence-electron chi connectivity index (χ0n) is 20.9. The summed E-state index contributed by atoms with van der Waals surface area (Å²) in [6.45, 7) is 6.72. The Bertz CT molecular complexity index is 1210. The molecule has 1 aliphatic rings. The maximum Gasteiger partial charge on any atom is 0.244 e. The first-order chi connectivity index (χ1) is 17.1. The second-order valence-corrected chi connectivity index (χ2v) is 11.7. The lowest BCUT2D eigenvalue weighted by molar-refractivity contribution is -0.139. The summed E-state index contributed by atoms with van der Waals surface area (Å²) in [6.07, 6.45) is 0.741. The highest BCUT2D eigenvalue weighted by Crippen LogP contribution is 2.36. The van der Waals surface area contributed by atoms with Gasteiger partial charge in [-0.15, -0.1) is 0 Å². The number of rotatable bonds is 11. The van der Waals surface area contributed by atoms with Gasteiger partial charge in [-0.25, -0.2) is 8.42 Å². The number of fused-ring (bicyclic) bond motifs is 1. The predicted octanol–water partition coefficient (Wildman–Crippen LogP) is 3.67. The largest absolute Gasteiger partial charge is 0.454 e. The molecule has 11 heteroatoms. The van der Waals surface area contributed by atoms with Crippen molar-refractivity contribution in [3.63, 3.8) is 0 Å². The summed E-state index contributed by atoms with van der Waals surface area (Å²) >= 11 is 3.44. The summed E-state index contributed by atoms with van der Waals surface area (Å²) in [6, 6.07) is 11.3. The van der Waals surface area contributed by atoms with Crippen LogP contribution in [0.3, 0.4) is 0 Å². The molecule has 0 radical (unpaired) electrons. The van der Waals surface area contributed by atoms with Crippen molar-refractivity contribution in [1.29, 1.82) is 0 Å². The summed E-state index contributed by atoms with van der Waals surface area (Å²) in [5.41, 5.74) is 1.09. The van der Waals surface area contributed by atoms with E-state index in [9.17, 15) is 18.0 Å². The summed E-state index contributed by atoms with van der Waals surface area (Å²) in [5.74, 6) is -0.101. The average molecular weight is 583 g/mol. The zero-order chi connectivity index (χ0) is 26.5. The molecule has 1 N–H and O–H groups in total. The lowest BCUT2D eigenvalue weighted by Crippen LogP contribution is -2.52. The molecule has 2 atom stereocenters. The number of amides is 2. The van der Waals surface area contributed by atoms with Crippen molar-refractivity contribution in [2.75, 3.05) is 23.4 Å². The molecule has 0 fully saturated rings. The van der Waals surface area contributed by atoms with E-state index in [1.165, 1.54) is 11.8 Å². The quantitative estimate of drug-likeness (QED) is 0.434. The molecule has 196 valence electrons. The Morgan fingerprint density at radius 2 is 1.81 bits per heavy atom. The number of carbonyl (C=O) groups is 2. The van der Waals surface area contributed by atoms with Gasteiger partial charge in [-0.1, -0.05) is 35.0 Å². The summed E-state index contributed by atoms with van der Waals surface area (Å²) < 4.78 is 38.7. The molecule has 36 heavy (non-hydrogen) atoms. The van der Waals surface area contributed by atoms with E-state index in [1.807, 2.05) is 38.1 Å². The zero-order valence-corrected chi connectivity index (χ0v) is 23.3. The van der Waals surface area contributed by atoms with Gasteiger partial charge < -0.3 is 19.7 Å². The first kappa shape index (κ1) is 27.8. The van der Waals surface area contributed by atoms with Crippen molar-refractivity contribution in [3.8, 4) is 11.5 Å². The van der Waals surface area contributed by atoms with Crippen LogP contribution in [0.15, 0.2) is 46.9 Å². The summed E-state index contributed by atoms with van der Waals surface area (Å²) in [5, 5.41) is 2.91. The van der Waals surface area contributed by atoms with Crippen LogP contribution >= 0.6 is 15.9 Å². The fourth-order valence-electron chi connectivity index (χ4n) is 3.64. The van der Waals surface area contributed by atoms with Gasteiger partial charge in [0.15, 0.2) is 11.5 Å². The second kappa shape index (κ2) is 12.0. The molecule has 0 unspecified atom stereocenters. The van der Waals surface area contributed by atoms with E-state index >= 15 is 0 Å². The predicted molar refractivity (Wildman–Crippen MR) is 141 cm³/mol. The Morgan fingerprint density at radius 1 is 1.08 bits per heavy atom. The number of hydrogen-bond donors (Lipinski definition) is 1. The average Bonchev–Trinajstić information content (AvgIpc) is 3.33. The fourth-order valence-corrected chi connectivity index (χ4v) is 5.14. The molecule has 0 saturated carbocycles. The Balaban J connectivity index is 1.94. The van der Waals surface area contributed by atoms with E-state index in [2.05, 4.69) is 21.2 Å². The molecule has 2 aromatic rings. The minimum Gasteiger partial charge on any atom is -0.454 e. The normalized spacial score (nSPS) is 14.1. The van der Waals surface area contributed by atoms with Crippen molar-refractivity contribution in [3.05, 3.63) is 52.5 Å². The van der Waals surface area contributed by atoms with Crippen molar-refractivity contribution in [1.82, 2.24) is 10.2 Å². The van der Waals surface area contributed by atoms with E-state index in [-0.39, 0.29) is 36.7 Å². The summed E-state index contributed by atoms with van der Waals surface area (Å²) in [4.78, 5) is 28.1. The number of sulfonamides is 1. The van der Waals surface area contributed by atoms with Crippen LogP contribution in [0.5, 0.6) is 11.5 Å².